The SMILES string of the molecule is CC1(C)c2cc3ccccc3cc2-c2c(-c3cccc(-c4c5ccccc5c(-c5nc(-c6ccccc6)cc(-c6ccccc6)n5)c5ccccc45)c3)cccc21. The summed E-state index contributed by atoms with van der Waals surface area (Å²) in [7, 11) is 0. The summed E-state index contributed by atoms with van der Waals surface area (Å²) < 4.78 is 0. The van der Waals surface area contributed by atoms with Crippen LogP contribution in [0.3, 0.4) is 0 Å². The molecule has 0 fully saturated rings. The molecule has 268 valence electrons. The molecule has 1 aliphatic rings. The molecule has 2 heteroatoms. The van der Waals surface area contributed by atoms with Crippen molar-refractivity contribution in [3.05, 3.63) is 205 Å². The number of fused-ring (bicyclic) bond motifs is 6. The number of aromatic nitrogens is 2. The summed E-state index contributed by atoms with van der Waals surface area (Å²) in [4.78, 5) is 10.7. The summed E-state index contributed by atoms with van der Waals surface area (Å²) in [5.41, 5.74) is 15.2. The Kier molecular flexibility index (Phi) is 7.55. The van der Waals surface area contributed by atoms with Crippen molar-refractivity contribution in [3.8, 4) is 67.3 Å². The molecule has 0 aliphatic heterocycles. The summed E-state index contributed by atoms with van der Waals surface area (Å²) in [5.74, 6) is 0.719. The molecule has 11 rings (SSSR count). The summed E-state index contributed by atoms with van der Waals surface area (Å²) in [5, 5.41) is 7.17. The normalized spacial score (nSPS) is 12.9. The second-order valence-corrected chi connectivity index (χ2v) is 15.7. The lowest BCUT2D eigenvalue weighted by molar-refractivity contribution is 0.661. The zero-order chi connectivity index (χ0) is 38.1. The van der Waals surface area contributed by atoms with E-state index in [1.807, 2.05) is 12.1 Å². The molecule has 1 aromatic heterocycles. The van der Waals surface area contributed by atoms with Crippen molar-refractivity contribution in [2.75, 3.05) is 0 Å². The summed E-state index contributed by atoms with van der Waals surface area (Å²) >= 11 is 0. The highest BCUT2D eigenvalue weighted by molar-refractivity contribution is 6.21. The lowest BCUT2D eigenvalue weighted by Gasteiger charge is -2.22. The Hall–Kier alpha value is -7.16. The maximum atomic E-state index is 5.33. The van der Waals surface area contributed by atoms with Gasteiger partial charge in [-0.2, -0.15) is 0 Å². The van der Waals surface area contributed by atoms with Crippen molar-refractivity contribution in [1.29, 1.82) is 0 Å². The van der Waals surface area contributed by atoms with E-state index in [1.165, 1.54) is 66.1 Å². The summed E-state index contributed by atoms with van der Waals surface area (Å²) in [6, 6.07) is 70.1. The Labute approximate surface area is 332 Å². The maximum Gasteiger partial charge on any atom is 0.161 e. The van der Waals surface area contributed by atoms with Gasteiger partial charge in [-0.1, -0.05) is 184 Å². The summed E-state index contributed by atoms with van der Waals surface area (Å²) in [6.07, 6.45) is 0. The van der Waals surface area contributed by atoms with Crippen molar-refractivity contribution in [1.82, 2.24) is 9.97 Å². The van der Waals surface area contributed by atoms with Crippen LogP contribution in [0.2, 0.25) is 0 Å². The highest BCUT2D eigenvalue weighted by Crippen LogP contribution is 2.53. The lowest BCUT2D eigenvalue weighted by Crippen LogP contribution is -2.14. The van der Waals surface area contributed by atoms with Gasteiger partial charge in [0.1, 0.15) is 0 Å². The van der Waals surface area contributed by atoms with E-state index < -0.39 is 0 Å². The molecule has 0 N–H and O–H groups in total. The molecule has 0 saturated carbocycles. The van der Waals surface area contributed by atoms with Gasteiger partial charge in [0, 0.05) is 22.1 Å². The van der Waals surface area contributed by atoms with Crippen molar-refractivity contribution in [2.24, 2.45) is 0 Å². The van der Waals surface area contributed by atoms with E-state index in [-0.39, 0.29) is 5.41 Å². The van der Waals surface area contributed by atoms with E-state index in [2.05, 4.69) is 196 Å². The fourth-order valence-electron chi connectivity index (χ4n) is 9.31. The fraction of sp³-hybridized carbons (Fsp3) is 0.0545. The van der Waals surface area contributed by atoms with Crippen LogP contribution in [0.15, 0.2) is 194 Å². The highest BCUT2D eigenvalue weighted by Gasteiger charge is 2.37. The van der Waals surface area contributed by atoms with Gasteiger partial charge in [-0.3, -0.25) is 0 Å². The van der Waals surface area contributed by atoms with Crippen LogP contribution in [0.4, 0.5) is 0 Å². The van der Waals surface area contributed by atoms with Crippen LogP contribution in [0.1, 0.15) is 25.0 Å². The second-order valence-electron chi connectivity index (χ2n) is 15.7. The minimum absolute atomic E-state index is 0.106. The third kappa shape index (κ3) is 5.33. The Morgan fingerprint density at radius 3 is 1.44 bits per heavy atom. The van der Waals surface area contributed by atoms with Crippen LogP contribution in [0.25, 0.3) is 99.6 Å². The van der Waals surface area contributed by atoms with Crippen LogP contribution in [-0.4, -0.2) is 9.97 Å². The van der Waals surface area contributed by atoms with Gasteiger partial charge in [-0.25, -0.2) is 9.97 Å². The standard InChI is InChI=1S/C55H38N2/c1-55(2)47-30-16-29-41(52(47)46-32-37-21-9-10-22-38(37)33-48(46)55)39-23-15-24-40(31-39)51-42-25-11-13-27-44(42)53(45-28-14-12-26-43(45)51)54-56-49(35-17-5-3-6-18-35)34-50(57-54)36-19-7-4-8-20-36/h3-34H,1-2H3. The van der Waals surface area contributed by atoms with E-state index in [0.29, 0.717) is 0 Å². The zero-order valence-electron chi connectivity index (χ0n) is 31.9. The van der Waals surface area contributed by atoms with Gasteiger partial charge in [0.25, 0.3) is 0 Å². The molecule has 1 heterocycles. The maximum absolute atomic E-state index is 5.33. The molecule has 9 aromatic carbocycles. The first-order valence-corrected chi connectivity index (χ1v) is 19.7. The van der Waals surface area contributed by atoms with Crippen LogP contribution in [0, 0.1) is 0 Å². The third-order valence-corrected chi connectivity index (χ3v) is 12.0. The average molecular weight is 727 g/mol. The third-order valence-electron chi connectivity index (χ3n) is 12.0. The van der Waals surface area contributed by atoms with Crippen molar-refractivity contribution in [3.63, 3.8) is 0 Å². The van der Waals surface area contributed by atoms with Crippen LogP contribution in [-0.2, 0) is 5.41 Å². The highest BCUT2D eigenvalue weighted by atomic mass is 14.9. The molecule has 0 bridgehead atoms. The van der Waals surface area contributed by atoms with E-state index in [9.17, 15) is 0 Å². The fourth-order valence-corrected chi connectivity index (χ4v) is 9.31. The van der Waals surface area contributed by atoms with Gasteiger partial charge in [-0.05, 0) is 101 Å². The molecule has 0 amide bonds. The zero-order valence-corrected chi connectivity index (χ0v) is 31.9. The number of rotatable bonds is 5. The first-order valence-electron chi connectivity index (χ1n) is 19.7. The minimum Gasteiger partial charge on any atom is -0.228 e. The molecule has 0 saturated heterocycles. The number of benzene rings is 9. The number of nitrogens with zero attached hydrogens (tertiary/aromatic N) is 2. The largest absolute Gasteiger partial charge is 0.228 e. The number of hydrogen-bond donors (Lipinski definition) is 0. The van der Waals surface area contributed by atoms with Crippen LogP contribution < -0.4 is 0 Å². The van der Waals surface area contributed by atoms with Gasteiger partial charge in [0.05, 0.1) is 11.4 Å². The average Bonchev–Trinajstić information content (AvgIpc) is 3.50. The lowest BCUT2D eigenvalue weighted by atomic mass is 9.81. The van der Waals surface area contributed by atoms with Gasteiger partial charge in [-0.15, -0.1) is 0 Å². The first kappa shape index (κ1) is 33.2. The minimum atomic E-state index is -0.106. The molecule has 0 atom stereocenters. The summed E-state index contributed by atoms with van der Waals surface area (Å²) in [6.45, 7) is 4.74. The molecule has 0 unspecified atom stereocenters. The number of hydrogen-bond acceptors (Lipinski definition) is 2. The van der Waals surface area contributed by atoms with Crippen LogP contribution in [0.5, 0.6) is 0 Å². The van der Waals surface area contributed by atoms with Crippen molar-refractivity contribution < 1.29 is 0 Å². The van der Waals surface area contributed by atoms with E-state index in [0.717, 1.165) is 44.7 Å². The first-order chi connectivity index (χ1) is 28.0. The molecular weight excluding hydrogens is 689 g/mol. The monoisotopic (exact) mass is 726 g/mol. The molecule has 2 nitrogen and oxygen atoms in total. The topological polar surface area (TPSA) is 25.8 Å². The smallest absolute Gasteiger partial charge is 0.161 e. The quantitative estimate of drug-likeness (QED) is 0.165. The van der Waals surface area contributed by atoms with Gasteiger partial charge >= 0.3 is 0 Å². The van der Waals surface area contributed by atoms with Gasteiger partial charge in [0.2, 0.25) is 0 Å². The Balaban J connectivity index is 1.14. The van der Waals surface area contributed by atoms with Crippen molar-refractivity contribution in [2.45, 2.75) is 19.3 Å². The molecule has 0 spiro atoms. The van der Waals surface area contributed by atoms with E-state index in [1.54, 1.807) is 0 Å². The van der Waals surface area contributed by atoms with Crippen LogP contribution >= 0.6 is 0 Å². The second kappa shape index (κ2) is 13.0. The van der Waals surface area contributed by atoms with Gasteiger partial charge in [0.15, 0.2) is 5.82 Å². The molecule has 1 aliphatic carbocycles. The molecule has 10 aromatic rings. The molecular formula is C55H38N2. The van der Waals surface area contributed by atoms with E-state index >= 15 is 0 Å². The van der Waals surface area contributed by atoms with E-state index in [4.69, 9.17) is 9.97 Å². The van der Waals surface area contributed by atoms with Crippen molar-refractivity contribution >= 4 is 32.3 Å². The Morgan fingerprint density at radius 2 is 0.825 bits per heavy atom. The Morgan fingerprint density at radius 1 is 0.333 bits per heavy atom. The van der Waals surface area contributed by atoms with Gasteiger partial charge < -0.3 is 0 Å². The predicted molar refractivity (Wildman–Crippen MR) is 239 cm³/mol. The predicted octanol–water partition coefficient (Wildman–Crippen LogP) is 14.6. The Bertz CT molecular complexity index is 3080. The molecule has 57 heavy (non-hydrogen) atoms. The molecule has 0 radical (unpaired) electrons.